The summed E-state index contributed by atoms with van der Waals surface area (Å²) in [4.78, 5) is 4.48. The number of nitrogens with one attached hydrogen (secondary N) is 1. The Labute approximate surface area is 99.6 Å². The van der Waals surface area contributed by atoms with Crippen LogP contribution in [0.15, 0.2) is 22.8 Å². The van der Waals surface area contributed by atoms with E-state index < -0.39 is 0 Å². The molecule has 15 heavy (non-hydrogen) atoms. The Bertz CT molecular complexity index is 304. The summed E-state index contributed by atoms with van der Waals surface area (Å²) in [6.07, 6.45) is 7.31. The number of pyridine rings is 1. The molecule has 3 heteroatoms. The van der Waals surface area contributed by atoms with Crippen molar-refractivity contribution in [2.45, 2.75) is 31.7 Å². The standard InChI is InChI=1S/C12H17BrN2/c1-14-12(9-4-2-3-5-9)11-7-6-10(13)8-15-11/h6-9,12,14H,2-5H2,1H3. The average molecular weight is 269 g/mol. The van der Waals surface area contributed by atoms with E-state index in [4.69, 9.17) is 0 Å². The predicted molar refractivity (Wildman–Crippen MR) is 65.7 cm³/mol. The molecule has 0 saturated heterocycles. The lowest BCUT2D eigenvalue weighted by atomic mass is 9.95. The lowest BCUT2D eigenvalue weighted by Gasteiger charge is -2.22. The molecule has 0 radical (unpaired) electrons. The molecule has 82 valence electrons. The third-order valence-corrected chi connectivity index (χ3v) is 3.72. The van der Waals surface area contributed by atoms with Gasteiger partial charge in [0.2, 0.25) is 0 Å². The summed E-state index contributed by atoms with van der Waals surface area (Å²) < 4.78 is 1.05. The molecule has 1 aliphatic carbocycles. The van der Waals surface area contributed by atoms with Gasteiger partial charge in [-0.1, -0.05) is 12.8 Å². The molecule has 1 atom stereocenters. The van der Waals surface area contributed by atoms with Crippen molar-refractivity contribution in [2.24, 2.45) is 5.92 Å². The lowest BCUT2D eigenvalue weighted by Crippen LogP contribution is -2.24. The number of rotatable bonds is 3. The number of nitrogens with zero attached hydrogens (tertiary/aromatic N) is 1. The van der Waals surface area contributed by atoms with Crippen LogP contribution in [0.1, 0.15) is 37.4 Å². The van der Waals surface area contributed by atoms with Crippen LogP contribution >= 0.6 is 15.9 Å². The first kappa shape index (κ1) is 11.1. The second-order valence-electron chi connectivity index (χ2n) is 4.21. The summed E-state index contributed by atoms with van der Waals surface area (Å²) in [5, 5.41) is 3.40. The molecule has 0 bridgehead atoms. The molecule has 1 aromatic heterocycles. The van der Waals surface area contributed by atoms with Gasteiger partial charge in [0.25, 0.3) is 0 Å². The number of aromatic nitrogens is 1. The number of hydrogen-bond acceptors (Lipinski definition) is 2. The van der Waals surface area contributed by atoms with E-state index in [-0.39, 0.29) is 0 Å². The van der Waals surface area contributed by atoms with E-state index in [0.717, 1.165) is 10.4 Å². The zero-order chi connectivity index (χ0) is 10.7. The molecule has 1 N–H and O–H groups in total. The first-order valence-electron chi connectivity index (χ1n) is 5.60. The molecule has 1 unspecified atom stereocenters. The smallest absolute Gasteiger partial charge is 0.0576 e. The van der Waals surface area contributed by atoms with Crippen molar-refractivity contribution >= 4 is 15.9 Å². The van der Waals surface area contributed by atoms with Gasteiger partial charge in [-0.3, -0.25) is 4.98 Å². The van der Waals surface area contributed by atoms with Gasteiger partial charge < -0.3 is 5.32 Å². The molecule has 1 fully saturated rings. The second kappa shape index (κ2) is 5.08. The predicted octanol–water partition coefficient (Wildman–Crippen LogP) is 3.29. The van der Waals surface area contributed by atoms with Crippen LogP contribution in [0.2, 0.25) is 0 Å². The van der Waals surface area contributed by atoms with Crippen molar-refractivity contribution in [2.75, 3.05) is 7.05 Å². The highest BCUT2D eigenvalue weighted by atomic mass is 79.9. The molecule has 1 aliphatic rings. The summed E-state index contributed by atoms with van der Waals surface area (Å²) in [7, 11) is 2.03. The van der Waals surface area contributed by atoms with Crippen LogP contribution < -0.4 is 5.32 Å². The van der Waals surface area contributed by atoms with Crippen LogP contribution in [-0.2, 0) is 0 Å². The molecule has 1 saturated carbocycles. The zero-order valence-corrected chi connectivity index (χ0v) is 10.6. The van der Waals surface area contributed by atoms with Crippen LogP contribution in [0, 0.1) is 5.92 Å². The van der Waals surface area contributed by atoms with Gasteiger partial charge in [-0.15, -0.1) is 0 Å². The Balaban J connectivity index is 2.14. The monoisotopic (exact) mass is 268 g/mol. The van der Waals surface area contributed by atoms with Gasteiger partial charge in [-0.05, 0) is 53.9 Å². The van der Waals surface area contributed by atoms with Gasteiger partial charge in [0, 0.05) is 10.7 Å². The third-order valence-electron chi connectivity index (χ3n) is 3.25. The quantitative estimate of drug-likeness (QED) is 0.910. The van der Waals surface area contributed by atoms with Crippen LogP contribution in [-0.4, -0.2) is 12.0 Å². The fraction of sp³-hybridized carbons (Fsp3) is 0.583. The minimum absolute atomic E-state index is 0.431. The molecular weight excluding hydrogens is 252 g/mol. The first-order chi connectivity index (χ1) is 7.31. The van der Waals surface area contributed by atoms with E-state index in [1.54, 1.807) is 0 Å². The molecular formula is C12H17BrN2. The molecule has 0 aliphatic heterocycles. The number of hydrogen-bond donors (Lipinski definition) is 1. The molecule has 0 spiro atoms. The van der Waals surface area contributed by atoms with E-state index in [1.807, 2.05) is 13.2 Å². The van der Waals surface area contributed by atoms with Crippen LogP contribution in [0.25, 0.3) is 0 Å². The van der Waals surface area contributed by atoms with E-state index in [0.29, 0.717) is 6.04 Å². The normalized spacial score (nSPS) is 19.3. The van der Waals surface area contributed by atoms with Gasteiger partial charge >= 0.3 is 0 Å². The maximum absolute atomic E-state index is 4.48. The largest absolute Gasteiger partial charge is 0.311 e. The van der Waals surface area contributed by atoms with Gasteiger partial charge in [-0.2, -0.15) is 0 Å². The van der Waals surface area contributed by atoms with Crippen molar-refractivity contribution < 1.29 is 0 Å². The Morgan fingerprint density at radius 2 is 2.13 bits per heavy atom. The van der Waals surface area contributed by atoms with E-state index in [1.165, 1.54) is 31.4 Å². The summed E-state index contributed by atoms with van der Waals surface area (Å²) in [6.45, 7) is 0. The molecule has 1 heterocycles. The Hall–Kier alpha value is -0.410. The fourth-order valence-corrected chi connectivity index (χ4v) is 2.72. The molecule has 1 aromatic rings. The number of halogens is 1. The SMILES string of the molecule is CNC(c1ccc(Br)cn1)C1CCCC1. The summed E-state index contributed by atoms with van der Waals surface area (Å²) in [6, 6.07) is 4.62. The average Bonchev–Trinajstić information content (AvgIpc) is 2.75. The molecule has 2 rings (SSSR count). The van der Waals surface area contributed by atoms with Gasteiger partial charge in [-0.25, -0.2) is 0 Å². The maximum atomic E-state index is 4.48. The maximum Gasteiger partial charge on any atom is 0.0576 e. The Morgan fingerprint density at radius 3 is 2.67 bits per heavy atom. The highest BCUT2D eigenvalue weighted by Crippen LogP contribution is 2.34. The van der Waals surface area contributed by atoms with Crippen molar-refractivity contribution in [3.8, 4) is 0 Å². The minimum atomic E-state index is 0.431. The van der Waals surface area contributed by atoms with Gasteiger partial charge in [0.05, 0.1) is 11.7 Å². The van der Waals surface area contributed by atoms with E-state index in [2.05, 4.69) is 38.4 Å². The molecule has 0 amide bonds. The van der Waals surface area contributed by atoms with Crippen molar-refractivity contribution in [1.82, 2.24) is 10.3 Å². The lowest BCUT2D eigenvalue weighted by molar-refractivity contribution is 0.383. The molecule has 2 nitrogen and oxygen atoms in total. The summed E-state index contributed by atoms with van der Waals surface area (Å²) >= 11 is 3.42. The zero-order valence-electron chi connectivity index (χ0n) is 9.04. The minimum Gasteiger partial charge on any atom is -0.311 e. The van der Waals surface area contributed by atoms with E-state index in [9.17, 15) is 0 Å². The van der Waals surface area contributed by atoms with Crippen molar-refractivity contribution in [3.05, 3.63) is 28.5 Å². The van der Waals surface area contributed by atoms with E-state index >= 15 is 0 Å². The first-order valence-corrected chi connectivity index (χ1v) is 6.39. The highest BCUT2D eigenvalue weighted by Gasteiger charge is 2.25. The van der Waals surface area contributed by atoms with Gasteiger partial charge in [0.15, 0.2) is 0 Å². The highest BCUT2D eigenvalue weighted by molar-refractivity contribution is 9.10. The third kappa shape index (κ3) is 2.58. The second-order valence-corrected chi connectivity index (χ2v) is 5.13. The Morgan fingerprint density at radius 1 is 1.40 bits per heavy atom. The fourth-order valence-electron chi connectivity index (χ4n) is 2.49. The molecule has 0 aromatic carbocycles. The van der Waals surface area contributed by atoms with Crippen LogP contribution in [0.4, 0.5) is 0 Å². The Kier molecular flexibility index (Phi) is 3.76. The van der Waals surface area contributed by atoms with Crippen LogP contribution in [0.3, 0.4) is 0 Å². The summed E-state index contributed by atoms with van der Waals surface area (Å²) in [5.74, 6) is 0.767. The van der Waals surface area contributed by atoms with Crippen molar-refractivity contribution in [1.29, 1.82) is 0 Å². The van der Waals surface area contributed by atoms with Crippen molar-refractivity contribution in [3.63, 3.8) is 0 Å². The summed E-state index contributed by atoms with van der Waals surface area (Å²) in [5.41, 5.74) is 1.17. The topological polar surface area (TPSA) is 24.9 Å². The van der Waals surface area contributed by atoms with Gasteiger partial charge in [0.1, 0.15) is 0 Å². The van der Waals surface area contributed by atoms with Crippen LogP contribution in [0.5, 0.6) is 0 Å².